The molecule has 2 rings (SSSR count). The number of rotatable bonds is 5. The van der Waals surface area contributed by atoms with E-state index in [1.165, 1.54) is 16.7 Å². The molecule has 0 radical (unpaired) electrons. The lowest BCUT2D eigenvalue weighted by Crippen LogP contribution is -2.19. The van der Waals surface area contributed by atoms with Crippen LogP contribution in [-0.2, 0) is 0 Å². The molecule has 0 amide bonds. The zero-order valence-corrected chi connectivity index (χ0v) is 13.4. The molecule has 112 valence electrons. The SMILES string of the molecule is Cc1cc(C)cc(C(N)COc2cccc(C(C)C)c2)c1. The van der Waals surface area contributed by atoms with E-state index >= 15 is 0 Å². The van der Waals surface area contributed by atoms with Crippen LogP contribution in [0.15, 0.2) is 42.5 Å². The van der Waals surface area contributed by atoms with Crippen molar-refractivity contribution < 1.29 is 4.74 Å². The van der Waals surface area contributed by atoms with Gasteiger partial charge in [0.2, 0.25) is 0 Å². The standard InChI is InChI=1S/C19H25NO/c1-13(2)16-6-5-7-18(11-16)21-12-19(20)17-9-14(3)8-15(4)10-17/h5-11,13,19H,12,20H2,1-4H3. The zero-order valence-electron chi connectivity index (χ0n) is 13.4. The summed E-state index contributed by atoms with van der Waals surface area (Å²) in [4.78, 5) is 0. The van der Waals surface area contributed by atoms with Gasteiger partial charge in [0.15, 0.2) is 0 Å². The molecule has 2 aromatic carbocycles. The lowest BCUT2D eigenvalue weighted by atomic mass is 10.0. The van der Waals surface area contributed by atoms with Crippen LogP contribution in [0.5, 0.6) is 5.75 Å². The molecular weight excluding hydrogens is 258 g/mol. The highest BCUT2D eigenvalue weighted by Gasteiger charge is 2.09. The van der Waals surface area contributed by atoms with Gasteiger partial charge in [-0.05, 0) is 43.0 Å². The maximum Gasteiger partial charge on any atom is 0.119 e. The molecule has 0 saturated carbocycles. The molecule has 1 unspecified atom stereocenters. The second-order valence-corrected chi connectivity index (χ2v) is 6.07. The normalized spacial score (nSPS) is 12.5. The summed E-state index contributed by atoms with van der Waals surface area (Å²) < 4.78 is 5.87. The molecule has 0 saturated heterocycles. The maximum atomic E-state index is 6.25. The van der Waals surface area contributed by atoms with Gasteiger partial charge in [-0.3, -0.25) is 0 Å². The van der Waals surface area contributed by atoms with E-state index in [2.05, 4.69) is 58.0 Å². The zero-order chi connectivity index (χ0) is 15.4. The molecule has 0 spiro atoms. The Hall–Kier alpha value is -1.80. The van der Waals surface area contributed by atoms with Crippen LogP contribution in [0.2, 0.25) is 0 Å². The van der Waals surface area contributed by atoms with Crippen molar-refractivity contribution in [1.82, 2.24) is 0 Å². The quantitative estimate of drug-likeness (QED) is 0.876. The number of ether oxygens (including phenoxy) is 1. The monoisotopic (exact) mass is 283 g/mol. The Morgan fingerprint density at radius 1 is 0.952 bits per heavy atom. The van der Waals surface area contributed by atoms with Gasteiger partial charge in [0.25, 0.3) is 0 Å². The first-order chi connectivity index (χ1) is 9.95. The lowest BCUT2D eigenvalue weighted by Gasteiger charge is -2.16. The topological polar surface area (TPSA) is 35.2 Å². The van der Waals surface area contributed by atoms with E-state index in [0.717, 1.165) is 11.3 Å². The minimum Gasteiger partial charge on any atom is -0.492 e. The van der Waals surface area contributed by atoms with E-state index in [9.17, 15) is 0 Å². The third kappa shape index (κ3) is 4.33. The lowest BCUT2D eigenvalue weighted by molar-refractivity contribution is 0.290. The third-order valence-electron chi connectivity index (χ3n) is 3.63. The summed E-state index contributed by atoms with van der Waals surface area (Å²) in [5.74, 6) is 1.39. The number of hydrogen-bond acceptors (Lipinski definition) is 2. The van der Waals surface area contributed by atoms with E-state index < -0.39 is 0 Å². The molecule has 0 aliphatic heterocycles. The van der Waals surface area contributed by atoms with E-state index in [4.69, 9.17) is 10.5 Å². The Kier molecular flexibility index (Phi) is 5.03. The molecule has 2 nitrogen and oxygen atoms in total. The molecule has 21 heavy (non-hydrogen) atoms. The fraction of sp³-hybridized carbons (Fsp3) is 0.368. The summed E-state index contributed by atoms with van der Waals surface area (Å²) in [6, 6.07) is 14.6. The summed E-state index contributed by atoms with van der Waals surface area (Å²) in [5.41, 5.74) is 11.1. The summed E-state index contributed by atoms with van der Waals surface area (Å²) in [6.45, 7) is 9.04. The van der Waals surface area contributed by atoms with Crippen molar-refractivity contribution in [2.75, 3.05) is 6.61 Å². The fourth-order valence-electron chi connectivity index (χ4n) is 2.47. The van der Waals surface area contributed by atoms with Crippen LogP contribution in [0.3, 0.4) is 0 Å². The molecular formula is C19H25NO. The van der Waals surface area contributed by atoms with Gasteiger partial charge in [0.1, 0.15) is 12.4 Å². The van der Waals surface area contributed by atoms with Gasteiger partial charge < -0.3 is 10.5 Å². The number of nitrogens with two attached hydrogens (primary N) is 1. The highest BCUT2D eigenvalue weighted by atomic mass is 16.5. The minimum atomic E-state index is -0.105. The molecule has 2 N–H and O–H groups in total. The molecule has 2 aromatic rings. The average molecular weight is 283 g/mol. The Morgan fingerprint density at radius 2 is 1.62 bits per heavy atom. The summed E-state index contributed by atoms with van der Waals surface area (Å²) in [6.07, 6.45) is 0. The van der Waals surface area contributed by atoms with Crippen LogP contribution in [0.1, 0.15) is 48.1 Å². The molecule has 0 heterocycles. The van der Waals surface area contributed by atoms with Crippen molar-refractivity contribution >= 4 is 0 Å². The van der Waals surface area contributed by atoms with E-state index in [-0.39, 0.29) is 6.04 Å². The molecule has 0 aromatic heterocycles. The first kappa shape index (κ1) is 15.6. The molecule has 2 heteroatoms. The number of benzene rings is 2. The van der Waals surface area contributed by atoms with E-state index in [1.54, 1.807) is 0 Å². The number of aryl methyl sites for hydroxylation is 2. The second kappa shape index (κ2) is 6.77. The Labute approximate surface area is 127 Å². The fourth-order valence-corrected chi connectivity index (χ4v) is 2.47. The van der Waals surface area contributed by atoms with Crippen LogP contribution in [0.25, 0.3) is 0 Å². The molecule has 0 fully saturated rings. The Balaban J connectivity index is 2.03. The van der Waals surface area contributed by atoms with Gasteiger partial charge in [0, 0.05) is 0 Å². The van der Waals surface area contributed by atoms with Crippen LogP contribution in [-0.4, -0.2) is 6.61 Å². The molecule has 1 atom stereocenters. The minimum absolute atomic E-state index is 0.105. The van der Waals surface area contributed by atoms with Gasteiger partial charge in [-0.1, -0.05) is 55.3 Å². The van der Waals surface area contributed by atoms with Crippen LogP contribution >= 0.6 is 0 Å². The predicted molar refractivity (Wildman–Crippen MR) is 88.9 cm³/mol. The highest BCUT2D eigenvalue weighted by Crippen LogP contribution is 2.22. The Morgan fingerprint density at radius 3 is 2.24 bits per heavy atom. The van der Waals surface area contributed by atoms with E-state index in [0.29, 0.717) is 12.5 Å². The van der Waals surface area contributed by atoms with Crippen LogP contribution < -0.4 is 10.5 Å². The van der Waals surface area contributed by atoms with Gasteiger partial charge >= 0.3 is 0 Å². The summed E-state index contributed by atoms with van der Waals surface area (Å²) >= 11 is 0. The van der Waals surface area contributed by atoms with Crippen molar-refractivity contribution in [2.24, 2.45) is 5.73 Å². The average Bonchev–Trinajstić information content (AvgIpc) is 2.44. The van der Waals surface area contributed by atoms with Gasteiger partial charge in [-0.15, -0.1) is 0 Å². The highest BCUT2D eigenvalue weighted by molar-refractivity contribution is 5.32. The maximum absolute atomic E-state index is 6.25. The molecule has 0 aliphatic rings. The third-order valence-corrected chi connectivity index (χ3v) is 3.63. The first-order valence-electron chi connectivity index (χ1n) is 7.52. The van der Waals surface area contributed by atoms with Gasteiger partial charge in [0.05, 0.1) is 6.04 Å². The van der Waals surface area contributed by atoms with Crippen molar-refractivity contribution in [3.8, 4) is 5.75 Å². The van der Waals surface area contributed by atoms with Crippen LogP contribution in [0, 0.1) is 13.8 Å². The van der Waals surface area contributed by atoms with Crippen molar-refractivity contribution in [2.45, 2.75) is 39.7 Å². The van der Waals surface area contributed by atoms with Crippen LogP contribution in [0.4, 0.5) is 0 Å². The Bertz CT molecular complexity index is 584. The summed E-state index contributed by atoms with van der Waals surface area (Å²) in [5, 5.41) is 0. The van der Waals surface area contributed by atoms with Gasteiger partial charge in [-0.2, -0.15) is 0 Å². The smallest absolute Gasteiger partial charge is 0.119 e. The van der Waals surface area contributed by atoms with E-state index in [1.807, 2.05) is 12.1 Å². The largest absolute Gasteiger partial charge is 0.492 e. The number of hydrogen-bond donors (Lipinski definition) is 1. The van der Waals surface area contributed by atoms with Crippen molar-refractivity contribution in [3.63, 3.8) is 0 Å². The second-order valence-electron chi connectivity index (χ2n) is 6.07. The summed E-state index contributed by atoms with van der Waals surface area (Å²) in [7, 11) is 0. The predicted octanol–water partition coefficient (Wildman–Crippen LogP) is 4.51. The van der Waals surface area contributed by atoms with Gasteiger partial charge in [-0.25, -0.2) is 0 Å². The first-order valence-corrected chi connectivity index (χ1v) is 7.52. The van der Waals surface area contributed by atoms with Crippen molar-refractivity contribution in [3.05, 3.63) is 64.7 Å². The molecule has 0 bridgehead atoms. The molecule has 0 aliphatic carbocycles. The van der Waals surface area contributed by atoms with Crippen molar-refractivity contribution in [1.29, 1.82) is 0 Å².